The number of aryl methyl sites for hydroxylation is 2. The average Bonchev–Trinajstić information content (AvgIpc) is 2.76. The van der Waals surface area contributed by atoms with Gasteiger partial charge in [0, 0.05) is 35.5 Å². The predicted octanol–water partition coefficient (Wildman–Crippen LogP) is 4.38. The zero-order valence-electron chi connectivity index (χ0n) is 11.6. The Hall–Kier alpha value is -1.50. The number of nitrogens with zero attached hydrogens (tertiary/aromatic N) is 2. The third kappa shape index (κ3) is 3.78. The summed E-state index contributed by atoms with van der Waals surface area (Å²) in [6.45, 7) is 2.53. The van der Waals surface area contributed by atoms with Gasteiger partial charge < -0.3 is 5.32 Å². The van der Waals surface area contributed by atoms with Crippen LogP contribution in [0.5, 0.6) is 0 Å². The molecule has 0 saturated heterocycles. The van der Waals surface area contributed by atoms with Crippen molar-refractivity contribution in [2.45, 2.75) is 26.1 Å². The van der Waals surface area contributed by atoms with Gasteiger partial charge in [-0.1, -0.05) is 6.92 Å². The number of alkyl halides is 3. The van der Waals surface area contributed by atoms with Gasteiger partial charge in [0.1, 0.15) is 0 Å². The van der Waals surface area contributed by atoms with Crippen LogP contribution >= 0.6 is 15.9 Å². The van der Waals surface area contributed by atoms with Crippen LogP contribution in [-0.4, -0.2) is 9.78 Å². The lowest BCUT2D eigenvalue weighted by atomic mass is 10.2. The predicted molar refractivity (Wildman–Crippen MR) is 79.1 cm³/mol. The van der Waals surface area contributed by atoms with Crippen molar-refractivity contribution in [1.82, 2.24) is 9.78 Å². The monoisotopic (exact) mass is 361 g/mol. The van der Waals surface area contributed by atoms with Gasteiger partial charge in [-0.15, -0.1) is 0 Å². The molecule has 0 aliphatic carbocycles. The number of aromatic nitrogens is 2. The van der Waals surface area contributed by atoms with Crippen molar-refractivity contribution in [3.63, 3.8) is 0 Å². The van der Waals surface area contributed by atoms with Crippen LogP contribution in [0.4, 0.5) is 18.9 Å². The Morgan fingerprint density at radius 3 is 2.62 bits per heavy atom. The molecule has 114 valence electrons. The van der Waals surface area contributed by atoms with E-state index in [-0.39, 0.29) is 0 Å². The summed E-state index contributed by atoms with van der Waals surface area (Å²) in [5.41, 5.74) is 1.96. The Labute approximate surface area is 129 Å². The van der Waals surface area contributed by atoms with Crippen molar-refractivity contribution < 1.29 is 13.2 Å². The van der Waals surface area contributed by atoms with Crippen molar-refractivity contribution in [2.24, 2.45) is 7.05 Å². The van der Waals surface area contributed by atoms with Gasteiger partial charge in [-0.2, -0.15) is 18.3 Å². The van der Waals surface area contributed by atoms with Gasteiger partial charge in [0.2, 0.25) is 0 Å². The largest absolute Gasteiger partial charge is 0.416 e. The van der Waals surface area contributed by atoms with Crippen LogP contribution in [0.1, 0.15) is 23.7 Å². The maximum atomic E-state index is 12.6. The number of halogens is 4. The summed E-state index contributed by atoms with van der Waals surface area (Å²) in [5.74, 6) is 0. The average molecular weight is 362 g/mol. The zero-order valence-corrected chi connectivity index (χ0v) is 13.2. The fourth-order valence-corrected chi connectivity index (χ4v) is 2.57. The summed E-state index contributed by atoms with van der Waals surface area (Å²) in [7, 11) is 1.84. The Morgan fingerprint density at radius 2 is 2.05 bits per heavy atom. The normalized spacial score (nSPS) is 11.7. The van der Waals surface area contributed by atoms with E-state index in [1.807, 2.05) is 20.2 Å². The standard InChI is InChI=1S/C14H15BrF3N3/c1-3-12-9(8-21(2)20-12)7-19-13-5-4-10(6-11(13)15)14(16,17)18/h4-6,8,19H,3,7H2,1-2H3. The van der Waals surface area contributed by atoms with E-state index in [1.54, 1.807) is 4.68 Å². The van der Waals surface area contributed by atoms with Gasteiger partial charge in [0.05, 0.1) is 11.3 Å². The van der Waals surface area contributed by atoms with Crippen LogP contribution in [-0.2, 0) is 26.2 Å². The first kappa shape index (κ1) is 15.9. The molecule has 0 aliphatic heterocycles. The van der Waals surface area contributed by atoms with Crippen molar-refractivity contribution in [2.75, 3.05) is 5.32 Å². The second-order valence-electron chi connectivity index (χ2n) is 4.67. The van der Waals surface area contributed by atoms with Crippen molar-refractivity contribution in [3.8, 4) is 0 Å². The first-order valence-electron chi connectivity index (χ1n) is 6.43. The number of hydrogen-bond donors (Lipinski definition) is 1. The van der Waals surface area contributed by atoms with Gasteiger partial charge >= 0.3 is 6.18 Å². The number of hydrogen-bond acceptors (Lipinski definition) is 2. The lowest BCUT2D eigenvalue weighted by Gasteiger charge is -2.12. The molecule has 7 heteroatoms. The van der Waals surface area contributed by atoms with E-state index in [1.165, 1.54) is 6.07 Å². The molecule has 1 heterocycles. The van der Waals surface area contributed by atoms with Crippen LogP contribution < -0.4 is 5.32 Å². The minimum atomic E-state index is -4.33. The number of nitrogens with one attached hydrogen (secondary N) is 1. The van der Waals surface area contributed by atoms with Gasteiger partial charge in [0.25, 0.3) is 0 Å². The first-order chi connectivity index (χ1) is 9.81. The first-order valence-corrected chi connectivity index (χ1v) is 7.22. The quantitative estimate of drug-likeness (QED) is 0.875. The van der Waals surface area contributed by atoms with Crippen LogP contribution in [0.2, 0.25) is 0 Å². The molecule has 3 nitrogen and oxygen atoms in total. The molecule has 2 aromatic rings. The van der Waals surface area contributed by atoms with E-state index in [2.05, 4.69) is 26.3 Å². The maximum absolute atomic E-state index is 12.6. The molecule has 0 saturated carbocycles. The summed E-state index contributed by atoms with van der Waals surface area (Å²) >= 11 is 3.17. The fourth-order valence-electron chi connectivity index (χ4n) is 2.05. The molecule has 0 unspecified atom stereocenters. The van der Waals surface area contributed by atoms with Gasteiger partial charge in [-0.05, 0) is 40.5 Å². The van der Waals surface area contributed by atoms with Gasteiger partial charge in [-0.3, -0.25) is 4.68 Å². The lowest BCUT2D eigenvalue weighted by Crippen LogP contribution is -2.06. The van der Waals surface area contributed by atoms with E-state index < -0.39 is 11.7 Å². The zero-order chi connectivity index (χ0) is 15.6. The molecule has 0 atom stereocenters. The summed E-state index contributed by atoms with van der Waals surface area (Å²) in [4.78, 5) is 0. The van der Waals surface area contributed by atoms with Crippen LogP contribution in [0, 0.1) is 0 Å². The third-order valence-electron chi connectivity index (χ3n) is 3.09. The Kier molecular flexibility index (Phi) is 4.61. The molecule has 0 fully saturated rings. The molecule has 1 aromatic carbocycles. The Morgan fingerprint density at radius 1 is 1.33 bits per heavy atom. The highest BCUT2D eigenvalue weighted by atomic mass is 79.9. The molecule has 2 rings (SSSR count). The molecular weight excluding hydrogens is 347 g/mol. The highest BCUT2D eigenvalue weighted by molar-refractivity contribution is 9.10. The fraction of sp³-hybridized carbons (Fsp3) is 0.357. The third-order valence-corrected chi connectivity index (χ3v) is 3.75. The van der Waals surface area contributed by atoms with Crippen molar-refractivity contribution >= 4 is 21.6 Å². The van der Waals surface area contributed by atoms with Crippen LogP contribution in [0.25, 0.3) is 0 Å². The van der Waals surface area contributed by atoms with Gasteiger partial charge in [-0.25, -0.2) is 0 Å². The Balaban J connectivity index is 2.13. The summed E-state index contributed by atoms with van der Waals surface area (Å²) in [5, 5.41) is 7.45. The van der Waals surface area contributed by atoms with Crippen molar-refractivity contribution in [1.29, 1.82) is 0 Å². The highest BCUT2D eigenvalue weighted by Gasteiger charge is 2.30. The highest BCUT2D eigenvalue weighted by Crippen LogP contribution is 2.34. The topological polar surface area (TPSA) is 29.9 Å². The smallest absolute Gasteiger partial charge is 0.380 e. The number of rotatable bonds is 4. The molecule has 0 aliphatic rings. The van der Waals surface area contributed by atoms with E-state index in [0.717, 1.165) is 29.8 Å². The molecule has 0 bridgehead atoms. The summed E-state index contributed by atoms with van der Waals surface area (Å²) in [6, 6.07) is 3.57. The number of anilines is 1. The van der Waals surface area contributed by atoms with E-state index >= 15 is 0 Å². The van der Waals surface area contributed by atoms with E-state index in [0.29, 0.717) is 16.7 Å². The second-order valence-corrected chi connectivity index (χ2v) is 5.53. The molecule has 1 aromatic heterocycles. The molecule has 21 heavy (non-hydrogen) atoms. The molecular formula is C14H15BrF3N3. The number of benzene rings is 1. The van der Waals surface area contributed by atoms with Gasteiger partial charge in [0.15, 0.2) is 0 Å². The summed E-state index contributed by atoms with van der Waals surface area (Å²) in [6.07, 6.45) is -1.62. The minimum absolute atomic E-state index is 0.388. The SMILES string of the molecule is CCc1nn(C)cc1CNc1ccc(C(F)(F)F)cc1Br. The second kappa shape index (κ2) is 6.09. The van der Waals surface area contributed by atoms with Crippen LogP contribution in [0.3, 0.4) is 0 Å². The van der Waals surface area contributed by atoms with Crippen molar-refractivity contribution in [3.05, 3.63) is 45.7 Å². The molecule has 1 N–H and O–H groups in total. The molecule has 0 radical (unpaired) electrons. The summed E-state index contributed by atoms with van der Waals surface area (Å²) < 4.78 is 39.9. The van der Waals surface area contributed by atoms with Crippen LogP contribution in [0.15, 0.2) is 28.9 Å². The maximum Gasteiger partial charge on any atom is 0.416 e. The molecule has 0 spiro atoms. The lowest BCUT2D eigenvalue weighted by molar-refractivity contribution is -0.137. The molecule has 0 amide bonds. The van der Waals surface area contributed by atoms with E-state index in [4.69, 9.17) is 0 Å². The minimum Gasteiger partial charge on any atom is -0.380 e. The Bertz CT molecular complexity index is 635. The van der Waals surface area contributed by atoms with E-state index in [9.17, 15) is 13.2 Å².